The molecule has 2 unspecified atom stereocenters. The van der Waals surface area contributed by atoms with E-state index in [9.17, 15) is 4.79 Å². The molecule has 0 radical (unpaired) electrons. The molecule has 0 aromatic carbocycles. The Morgan fingerprint density at radius 3 is 2.50 bits per heavy atom. The second-order valence-electron chi connectivity index (χ2n) is 4.40. The summed E-state index contributed by atoms with van der Waals surface area (Å²) in [6.45, 7) is 2.18. The van der Waals surface area contributed by atoms with Gasteiger partial charge in [-0.2, -0.15) is 0 Å². The normalized spacial score (nSPS) is 22.1. The Hall–Kier alpha value is -0.570. The van der Waals surface area contributed by atoms with Gasteiger partial charge < -0.3 is 10.4 Å². The van der Waals surface area contributed by atoms with Crippen molar-refractivity contribution < 1.29 is 9.90 Å². The third kappa shape index (κ3) is 2.98. The maximum absolute atomic E-state index is 10.6. The minimum atomic E-state index is -0.700. The third-order valence-electron chi connectivity index (χ3n) is 3.54. The zero-order valence-corrected chi connectivity index (χ0v) is 9.12. The lowest BCUT2D eigenvalue weighted by Crippen LogP contribution is -2.37. The van der Waals surface area contributed by atoms with Crippen molar-refractivity contribution in [3.8, 4) is 0 Å². The van der Waals surface area contributed by atoms with Gasteiger partial charge >= 0.3 is 5.97 Å². The minimum Gasteiger partial charge on any atom is -0.481 e. The molecule has 1 aliphatic carbocycles. The quantitative estimate of drug-likeness (QED) is 0.710. The molecule has 0 spiro atoms. The Morgan fingerprint density at radius 2 is 2.07 bits per heavy atom. The Kier molecular flexibility index (Phi) is 4.39. The fourth-order valence-corrected chi connectivity index (χ4v) is 2.55. The highest BCUT2D eigenvalue weighted by atomic mass is 16.4. The van der Waals surface area contributed by atoms with Gasteiger partial charge in [0.2, 0.25) is 0 Å². The van der Waals surface area contributed by atoms with Crippen LogP contribution in [0.3, 0.4) is 0 Å². The molecule has 3 heteroatoms. The first-order valence-corrected chi connectivity index (χ1v) is 5.54. The van der Waals surface area contributed by atoms with E-state index in [4.69, 9.17) is 5.11 Å². The summed E-state index contributed by atoms with van der Waals surface area (Å²) in [6.07, 6.45) is 5.43. The molecule has 1 aliphatic rings. The predicted molar refractivity (Wildman–Crippen MR) is 56.2 cm³/mol. The standard InChI is InChI=1S/C11H21NO2/c1-8(9-5-3-4-6-9)10(12-2)7-11(13)14/h8-10,12H,3-7H2,1-2H3,(H,13,14). The summed E-state index contributed by atoms with van der Waals surface area (Å²) in [5.41, 5.74) is 0. The Morgan fingerprint density at radius 1 is 1.50 bits per heavy atom. The van der Waals surface area contributed by atoms with Crippen molar-refractivity contribution in [1.29, 1.82) is 0 Å². The second kappa shape index (κ2) is 5.35. The van der Waals surface area contributed by atoms with Gasteiger partial charge in [-0.3, -0.25) is 4.79 Å². The number of carboxylic acid groups (broad SMARTS) is 1. The second-order valence-corrected chi connectivity index (χ2v) is 4.40. The van der Waals surface area contributed by atoms with Crippen molar-refractivity contribution in [2.45, 2.75) is 45.1 Å². The molecule has 0 amide bonds. The molecular formula is C11H21NO2. The first-order chi connectivity index (χ1) is 6.65. The van der Waals surface area contributed by atoms with E-state index in [2.05, 4.69) is 12.2 Å². The molecule has 14 heavy (non-hydrogen) atoms. The van der Waals surface area contributed by atoms with Gasteiger partial charge in [0, 0.05) is 6.04 Å². The van der Waals surface area contributed by atoms with Crippen LogP contribution in [0.25, 0.3) is 0 Å². The zero-order chi connectivity index (χ0) is 10.6. The number of hydrogen-bond acceptors (Lipinski definition) is 2. The molecule has 1 saturated carbocycles. The smallest absolute Gasteiger partial charge is 0.304 e. The van der Waals surface area contributed by atoms with Gasteiger partial charge in [0.1, 0.15) is 0 Å². The molecule has 1 fully saturated rings. The van der Waals surface area contributed by atoms with Crippen LogP contribution in [0, 0.1) is 11.8 Å². The van der Waals surface area contributed by atoms with Crippen LogP contribution in [0.15, 0.2) is 0 Å². The van der Waals surface area contributed by atoms with Gasteiger partial charge in [-0.1, -0.05) is 32.6 Å². The summed E-state index contributed by atoms with van der Waals surface area (Å²) in [5.74, 6) is 0.514. The van der Waals surface area contributed by atoms with E-state index in [-0.39, 0.29) is 12.5 Å². The molecule has 0 heterocycles. The van der Waals surface area contributed by atoms with Gasteiger partial charge in [-0.15, -0.1) is 0 Å². The summed E-state index contributed by atoms with van der Waals surface area (Å²) in [6, 6.07) is 0.135. The summed E-state index contributed by atoms with van der Waals surface area (Å²) < 4.78 is 0. The summed E-state index contributed by atoms with van der Waals surface area (Å²) in [7, 11) is 1.86. The van der Waals surface area contributed by atoms with Crippen molar-refractivity contribution >= 4 is 5.97 Å². The van der Waals surface area contributed by atoms with Crippen molar-refractivity contribution in [3.63, 3.8) is 0 Å². The molecule has 3 nitrogen and oxygen atoms in total. The van der Waals surface area contributed by atoms with E-state index < -0.39 is 5.97 Å². The third-order valence-corrected chi connectivity index (χ3v) is 3.54. The molecule has 1 rings (SSSR count). The molecule has 2 N–H and O–H groups in total. The lowest BCUT2D eigenvalue weighted by Gasteiger charge is -2.27. The van der Waals surface area contributed by atoms with E-state index in [1.165, 1.54) is 25.7 Å². The lowest BCUT2D eigenvalue weighted by molar-refractivity contribution is -0.138. The maximum Gasteiger partial charge on any atom is 0.304 e. The zero-order valence-electron chi connectivity index (χ0n) is 9.12. The summed E-state index contributed by atoms with van der Waals surface area (Å²) in [5, 5.41) is 11.9. The molecule has 82 valence electrons. The predicted octanol–water partition coefficient (Wildman–Crippen LogP) is 1.88. The van der Waals surface area contributed by atoms with Gasteiger partial charge in [-0.25, -0.2) is 0 Å². The van der Waals surface area contributed by atoms with Crippen LogP contribution in [0.1, 0.15) is 39.0 Å². The summed E-state index contributed by atoms with van der Waals surface area (Å²) >= 11 is 0. The fourth-order valence-electron chi connectivity index (χ4n) is 2.55. The van der Waals surface area contributed by atoms with Crippen LogP contribution < -0.4 is 5.32 Å². The molecular weight excluding hydrogens is 178 g/mol. The Balaban J connectivity index is 2.45. The number of carbonyl (C=O) groups is 1. The number of carboxylic acids is 1. The monoisotopic (exact) mass is 199 g/mol. The first kappa shape index (κ1) is 11.5. The van der Waals surface area contributed by atoms with Crippen molar-refractivity contribution in [1.82, 2.24) is 5.32 Å². The van der Waals surface area contributed by atoms with E-state index in [0.717, 1.165) is 5.92 Å². The molecule has 0 bridgehead atoms. The SMILES string of the molecule is CNC(CC(=O)O)C(C)C1CCCC1. The minimum absolute atomic E-state index is 0.135. The van der Waals surface area contributed by atoms with Crippen LogP contribution in [0.4, 0.5) is 0 Å². The molecule has 2 atom stereocenters. The van der Waals surface area contributed by atoms with Crippen LogP contribution >= 0.6 is 0 Å². The fraction of sp³-hybridized carbons (Fsp3) is 0.909. The van der Waals surface area contributed by atoms with Crippen LogP contribution in [0.5, 0.6) is 0 Å². The van der Waals surface area contributed by atoms with Crippen LogP contribution in [-0.2, 0) is 4.79 Å². The highest BCUT2D eigenvalue weighted by Gasteiger charge is 2.28. The van der Waals surface area contributed by atoms with Crippen molar-refractivity contribution in [3.05, 3.63) is 0 Å². The highest BCUT2D eigenvalue weighted by Crippen LogP contribution is 2.33. The Labute approximate surface area is 85.9 Å². The topological polar surface area (TPSA) is 49.3 Å². The number of aliphatic carboxylic acids is 1. The van der Waals surface area contributed by atoms with E-state index >= 15 is 0 Å². The molecule has 0 aromatic heterocycles. The highest BCUT2D eigenvalue weighted by molar-refractivity contribution is 5.67. The van der Waals surface area contributed by atoms with Gasteiger partial charge in [0.15, 0.2) is 0 Å². The van der Waals surface area contributed by atoms with E-state index in [1.807, 2.05) is 7.05 Å². The van der Waals surface area contributed by atoms with E-state index in [1.54, 1.807) is 0 Å². The molecule has 0 saturated heterocycles. The number of nitrogens with one attached hydrogen (secondary N) is 1. The lowest BCUT2D eigenvalue weighted by atomic mass is 9.85. The average Bonchev–Trinajstić information content (AvgIpc) is 2.65. The van der Waals surface area contributed by atoms with Crippen LogP contribution in [-0.4, -0.2) is 24.2 Å². The summed E-state index contributed by atoms with van der Waals surface area (Å²) in [4.78, 5) is 10.6. The van der Waals surface area contributed by atoms with Crippen LogP contribution in [0.2, 0.25) is 0 Å². The van der Waals surface area contributed by atoms with Crippen molar-refractivity contribution in [2.75, 3.05) is 7.05 Å². The number of hydrogen-bond donors (Lipinski definition) is 2. The largest absolute Gasteiger partial charge is 0.481 e. The van der Waals surface area contributed by atoms with Gasteiger partial charge in [0.25, 0.3) is 0 Å². The molecule has 0 aliphatic heterocycles. The first-order valence-electron chi connectivity index (χ1n) is 5.54. The average molecular weight is 199 g/mol. The molecule has 0 aromatic rings. The van der Waals surface area contributed by atoms with E-state index in [0.29, 0.717) is 5.92 Å². The number of rotatable bonds is 5. The van der Waals surface area contributed by atoms with Gasteiger partial charge in [-0.05, 0) is 18.9 Å². The maximum atomic E-state index is 10.6. The van der Waals surface area contributed by atoms with Crippen molar-refractivity contribution in [2.24, 2.45) is 11.8 Å². The van der Waals surface area contributed by atoms with Gasteiger partial charge in [0.05, 0.1) is 6.42 Å². The Bertz CT molecular complexity index is 188.